The minimum absolute atomic E-state index is 0.0777. The molecule has 0 unspecified atom stereocenters. The lowest BCUT2D eigenvalue weighted by molar-refractivity contribution is 0.0893. The second-order valence-corrected chi connectivity index (χ2v) is 10.8. The number of benzene rings is 2. The van der Waals surface area contributed by atoms with E-state index in [1.807, 2.05) is 25.1 Å². The number of fused-ring (bicyclic) bond motifs is 1. The zero-order chi connectivity index (χ0) is 21.3. The fraction of sp³-hybridized carbons (Fsp3) is 0.500. The van der Waals surface area contributed by atoms with E-state index in [4.69, 9.17) is 0 Å². The van der Waals surface area contributed by atoms with Crippen LogP contribution >= 0.6 is 0 Å². The molecule has 1 fully saturated rings. The van der Waals surface area contributed by atoms with E-state index in [9.17, 15) is 13.5 Å². The Morgan fingerprint density at radius 2 is 1.80 bits per heavy atom. The van der Waals surface area contributed by atoms with Crippen molar-refractivity contribution in [3.63, 3.8) is 0 Å². The Morgan fingerprint density at radius 3 is 2.47 bits per heavy atom. The fourth-order valence-corrected chi connectivity index (χ4v) is 6.27. The number of likely N-dealkylation sites (tertiary alicyclic amines) is 1. The standard InChI is InChI=1S/C24H32N2O3S/c1-18-14-22-16-21(8-9-23(22)26(18)30(2,28)29)24(27)17-25-12-10-20(11-13-25)15-19-6-4-3-5-7-19/h3-9,16,18,20,24,27H,10-15,17H2,1-2H3/t18-,24+/m1/s1. The summed E-state index contributed by atoms with van der Waals surface area (Å²) in [6, 6.07) is 16.3. The number of anilines is 1. The third kappa shape index (κ3) is 4.71. The molecule has 0 radical (unpaired) electrons. The lowest BCUT2D eigenvalue weighted by Gasteiger charge is -2.33. The molecule has 2 aliphatic rings. The number of β-amino-alcohol motifs (C(OH)–C–C–N with tert-alkyl or cyclic N) is 1. The molecule has 0 saturated carbocycles. The van der Waals surface area contributed by atoms with Crippen molar-refractivity contribution in [2.75, 3.05) is 30.2 Å². The molecule has 0 aliphatic carbocycles. The zero-order valence-electron chi connectivity index (χ0n) is 17.9. The van der Waals surface area contributed by atoms with E-state index in [0.29, 0.717) is 18.9 Å². The van der Waals surface area contributed by atoms with Crippen molar-refractivity contribution in [3.8, 4) is 0 Å². The van der Waals surface area contributed by atoms with Crippen LogP contribution in [-0.4, -0.2) is 50.4 Å². The summed E-state index contributed by atoms with van der Waals surface area (Å²) in [6.45, 7) is 4.58. The number of aliphatic hydroxyl groups is 1. The lowest BCUT2D eigenvalue weighted by Crippen LogP contribution is -2.37. The molecule has 2 aromatic rings. The lowest BCUT2D eigenvalue weighted by atomic mass is 9.90. The first-order chi connectivity index (χ1) is 14.3. The van der Waals surface area contributed by atoms with Gasteiger partial charge in [0.25, 0.3) is 0 Å². The minimum atomic E-state index is -3.29. The van der Waals surface area contributed by atoms with Crippen LogP contribution in [0.15, 0.2) is 48.5 Å². The van der Waals surface area contributed by atoms with Crippen LogP contribution in [0.2, 0.25) is 0 Å². The van der Waals surface area contributed by atoms with Crippen molar-refractivity contribution in [2.45, 2.75) is 44.8 Å². The Balaban J connectivity index is 1.34. The molecule has 2 aromatic carbocycles. The first-order valence-electron chi connectivity index (χ1n) is 10.9. The molecule has 1 N–H and O–H groups in total. The van der Waals surface area contributed by atoms with Gasteiger partial charge in [-0.2, -0.15) is 0 Å². The number of rotatable bonds is 6. The highest BCUT2D eigenvalue weighted by Gasteiger charge is 2.33. The molecule has 0 amide bonds. The van der Waals surface area contributed by atoms with Crippen molar-refractivity contribution < 1.29 is 13.5 Å². The highest BCUT2D eigenvalue weighted by Crippen LogP contribution is 2.36. The number of nitrogens with zero attached hydrogens (tertiary/aromatic N) is 2. The maximum Gasteiger partial charge on any atom is 0.232 e. The van der Waals surface area contributed by atoms with Gasteiger partial charge in [0, 0.05) is 12.6 Å². The van der Waals surface area contributed by atoms with Crippen LogP contribution in [0.4, 0.5) is 5.69 Å². The van der Waals surface area contributed by atoms with Gasteiger partial charge in [0.2, 0.25) is 10.0 Å². The van der Waals surface area contributed by atoms with E-state index < -0.39 is 16.1 Å². The first kappa shape index (κ1) is 21.3. The van der Waals surface area contributed by atoms with Crippen molar-refractivity contribution in [1.82, 2.24) is 4.90 Å². The molecule has 2 aliphatic heterocycles. The Morgan fingerprint density at radius 1 is 1.10 bits per heavy atom. The quantitative estimate of drug-likeness (QED) is 0.766. The third-order valence-electron chi connectivity index (χ3n) is 6.50. The normalized spacial score (nSPS) is 21.6. The van der Waals surface area contributed by atoms with Gasteiger partial charge in [0.05, 0.1) is 18.0 Å². The second-order valence-electron chi connectivity index (χ2n) is 8.95. The highest BCUT2D eigenvalue weighted by molar-refractivity contribution is 7.92. The molecule has 162 valence electrons. The van der Waals surface area contributed by atoms with Gasteiger partial charge in [0.1, 0.15) is 0 Å². The van der Waals surface area contributed by atoms with Gasteiger partial charge in [-0.25, -0.2) is 8.42 Å². The molecule has 0 bridgehead atoms. The summed E-state index contributed by atoms with van der Waals surface area (Å²) in [4.78, 5) is 2.35. The van der Waals surface area contributed by atoms with Crippen LogP contribution < -0.4 is 4.31 Å². The average molecular weight is 429 g/mol. The van der Waals surface area contributed by atoms with Gasteiger partial charge in [-0.05, 0) is 74.4 Å². The molecule has 30 heavy (non-hydrogen) atoms. The number of sulfonamides is 1. The number of aliphatic hydroxyl groups excluding tert-OH is 1. The predicted octanol–water partition coefficient (Wildman–Crippen LogP) is 3.39. The minimum Gasteiger partial charge on any atom is -0.387 e. The van der Waals surface area contributed by atoms with Gasteiger partial charge in [-0.1, -0.05) is 42.5 Å². The Kier molecular flexibility index (Phi) is 6.19. The fourth-order valence-electron chi connectivity index (χ4n) is 5.01. The summed E-state index contributed by atoms with van der Waals surface area (Å²) in [5, 5.41) is 10.8. The molecule has 5 nitrogen and oxygen atoms in total. The molecule has 4 rings (SSSR count). The first-order valence-corrected chi connectivity index (χ1v) is 12.7. The van der Waals surface area contributed by atoms with E-state index in [-0.39, 0.29) is 6.04 Å². The highest BCUT2D eigenvalue weighted by atomic mass is 32.2. The molecule has 2 atom stereocenters. The molecule has 0 spiro atoms. The van der Waals surface area contributed by atoms with Crippen LogP contribution in [-0.2, 0) is 22.9 Å². The summed E-state index contributed by atoms with van der Waals surface area (Å²) in [5.41, 5.74) is 4.04. The number of hydrogen-bond donors (Lipinski definition) is 1. The summed E-state index contributed by atoms with van der Waals surface area (Å²) in [6.07, 6.45) is 4.84. The molecular formula is C24H32N2O3S. The van der Waals surface area contributed by atoms with Crippen LogP contribution in [0.3, 0.4) is 0 Å². The van der Waals surface area contributed by atoms with Crippen molar-refractivity contribution in [2.24, 2.45) is 5.92 Å². The monoisotopic (exact) mass is 428 g/mol. The molecule has 2 heterocycles. The van der Waals surface area contributed by atoms with E-state index in [1.54, 1.807) is 0 Å². The molecule has 6 heteroatoms. The van der Waals surface area contributed by atoms with E-state index >= 15 is 0 Å². The molecular weight excluding hydrogens is 396 g/mol. The van der Waals surface area contributed by atoms with Crippen LogP contribution in [0, 0.1) is 5.92 Å². The van der Waals surface area contributed by atoms with Crippen molar-refractivity contribution in [1.29, 1.82) is 0 Å². The Labute approximate surface area is 180 Å². The number of hydrogen-bond acceptors (Lipinski definition) is 4. The van der Waals surface area contributed by atoms with Crippen LogP contribution in [0.1, 0.15) is 42.6 Å². The topological polar surface area (TPSA) is 60.9 Å². The van der Waals surface area contributed by atoms with Gasteiger partial charge in [0.15, 0.2) is 0 Å². The van der Waals surface area contributed by atoms with Crippen molar-refractivity contribution >= 4 is 15.7 Å². The largest absolute Gasteiger partial charge is 0.387 e. The summed E-state index contributed by atoms with van der Waals surface area (Å²) in [5.74, 6) is 0.712. The van der Waals surface area contributed by atoms with Gasteiger partial charge < -0.3 is 10.0 Å². The zero-order valence-corrected chi connectivity index (χ0v) is 18.7. The van der Waals surface area contributed by atoms with Gasteiger partial charge >= 0.3 is 0 Å². The summed E-state index contributed by atoms with van der Waals surface area (Å²) in [7, 11) is -3.29. The maximum atomic E-state index is 12.1. The van der Waals surface area contributed by atoms with E-state index in [0.717, 1.165) is 49.2 Å². The van der Waals surface area contributed by atoms with E-state index in [1.165, 1.54) is 16.1 Å². The average Bonchev–Trinajstić information content (AvgIpc) is 3.05. The molecule has 0 aromatic heterocycles. The molecule has 1 saturated heterocycles. The van der Waals surface area contributed by atoms with Gasteiger partial charge in [-0.3, -0.25) is 4.31 Å². The summed E-state index contributed by atoms with van der Waals surface area (Å²) < 4.78 is 25.7. The smallest absolute Gasteiger partial charge is 0.232 e. The van der Waals surface area contributed by atoms with Crippen molar-refractivity contribution in [3.05, 3.63) is 65.2 Å². The summed E-state index contributed by atoms with van der Waals surface area (Å²) >= 11 is 0. The third-order valence-corrected chi connectivity index (χ3v) is 7.78. The predicted molar refractivity (Wildman–Crippen MR) is 121 cm³/mol. The van der Waals surface area contributed by atoms with E-state index in [2.05, 4.69) is 35.2 Å². The van der Waals surface area contributed by atoms with Gasteiger partial charge in [-0.15, -0.1) is 0 Å². The van der Waals surface area contributed by atoms with Crippen LogP contribution in [0.25, 0.3) is 0 Å². The maximum absolute atomic E-state index is 12.1. The Bertz CT molecular complexity index is 969. The number of piperidine rings is 1. The SMILES string of the molecule is C[C@@H]1Cc2cc([C@@H](O)CN3CCC(Cc4ccccc4)CC3)ccc2N1S(C)(=O)=O. The second kappa shape index (κ2) is 8.69. The van der Waals surface area contributed by atoms with Crippen LogP contribution in [0.5, 0.6) is 0 Å². The Hall–Kier alpha value is -1.89.